The van der Waals surface area contributed by atoms with Crippen molar-refractivity contribution in [2.45, 2.75) is 79.3 Å². The first-order chi connectivity index (χ1) is 26.4. The van der Waals surface area contributed by atoms with E-state index in [2.05, 4.69) is 68.5 Å². The lowest BCUT2D eigenvalue weighted by Crippen LogP contribution is -2.48. The van der Waals surface area contributed by atoms with Crippen molar-refractivity contribution in [1.29, 1.82) is 0 Å². The van der Waals surface area contributed by atoms with E-state index in [0.717, 1.165) is 48.7 Å². The lowest BCUT2D eigenvalue weighted by Gasteiger charge is -2.28. The molecule has 0 spiro atoms. The van der Waals surface area contributed by atoms with Gasteiger partial charge in [-0.05, 0) is 92.7 Å². The average molecular weight is 771 g/mol. The first-order valence-corrected chi connectivity index (χ1v) is 19.4. The molecule has 2 saturated heterocycles. The molecule has 2 fully saturated rings. The fraction of sp³-hybridized carbons (Fsp3) is 0.571. The van der Waals surface area contributed by atoms with Crippen molar-refractivity contribution in [3.05, 3.63) is 82.7 Å². The van der Waals surface area contributed by atoms with Crippen LogP contribution in [0.15, 0.2) is 49.1 Å². The summed E-state index contributed by atoms with van der Waals surface area (Å²) in [6, 6.07) is 7.75. The number of likely N-dealkylation sites (N-methyl/N-ethyl adjacent to an activating group) is 2. The Labute approximate surface area is 332 Å². The third-order valence-electron chi connectivity index (χ3n) is 11.3. The molecule has 0 saturated carbocycles. The van der Waals surface area contributed by atoms with E-state index in [9.17, 15) is 9.59 Å². The Morgan fingerprint density at radius 2 is 1.04 bits per heavy atom. The van der Waals surface area contributed by atoms with Crippen LogP contribution in [0.3, 0.4) is 0 Å². The molecule has 2 amide bonds. The number of nitrogens with zero attached hydrogens (tertiary/aromatic N) is 8. The summed E-state index contributed by atoms with van der Waals surface area (Å²) in [5, 5.41) is 15.3. The van der Waals surface area contributed by atoms with Crippen LogP contribution < -0.4 is 20.1 Å². The van der Waals surface area contributed by atoms with E-state index < -0.39 is 10.8 Å². The third-order valence-corrected chi connectivity index (χ3v) is 11.3. The first-order valence-electron chi connectivity index (χ1n) is 19.4. The van der Waals surface area contributed by atoms with Gasteiger partial charge in [-0.25, -0.2) is 9.97 Å². The van der Waals surface area contributed by atoms with Gasteiger partial charge in [0.25, 0.3) is 0 Å². The lowest BCUT2D eigenvalue weighted by atomic mass is 9.90. The Hall–Kier alpha value is -4.82. The van der Waals surface area contributed by atoms with Gasteiger partial charge in [0, 0.05) is 99.1 Å². The molecule has 4 aromatic rings. The summed E-state index contributed by atoms with van der Waals surface area (Å²) in [5.74, 6) is 1.61. The second-order valence-corrected chi connectivity index (χ2v) is 17.0. The molecular weight excluding hydrogens is 709 g/mol. The maximum absolute atomic E-state index is 13.0. The average Bonchev–Trinajstić information content (AvgIpc) is 3.89. The predicted molar refractivity (Wildman–Crippen MR) is 217 cm³/mol. The highest BCUT2D eigenvalue weighted by Gasteiger charge is 2.40. The summed E-state index contributed by atoms with van der Waals surface area (Å²) in [6.45, 7) is 19.7. The smallest absolute Gasteiger partial charge is 0.229 e. The highest BCUT2D eigenvalue weighted by molar-refractivity contribution is 5.83. The Bertz CT molecular complexity index is 1830. The molecule has 2 aliphatic heterocycles. The van der Waals surface area contributed by atoms with Gasteiger partial charge in [-0.2, -0.15) is 10.2 Å². The van der Waals surface area contributed by atoms with Crippen LogP contribution in [0.1, 0.15) is 73.2 Å². The number of pyridine rings is 2. The zero-order chi connectivity index (χ0) is 40.9. The van der Waals surface area contributed by atoms with Gasteiger partial charge in [-0.1, -0.05) is 12.1 Å². The fourth-order valence-corrected chi connectivity index (χ4v) is 7.28. The number of amides is 2. The number of hydrogen-bond acceptors (Lipinski definition) is 10. The molecule has 4 atom stereocenters. The Morgan fingerprint density at radius 1 is 0.661 bits per heavy atom. The van der Waals surface area contributed by atoms with Crippen LogP contribution in [0.2, 0.25) is 0 Å². The van der Waals surface area contributed by atoms with Gasteiger partial charge in [0.15, 0.2) is 0 Å². The molecule has 4 aromatic heterocycles. The van der Waals surface area contributed by atoms with E-state index in [1.54, 1.807) is 12.4 Å². The normalized spacial score (nSPS) is 20.4. The molecule has 6 rings (SSSR count). The summed E-state index contributed by atoms with van der Waals surface area (Å²) >= 11 is 0. The van der Waals surface area contributed by atoms with Gasteiger partial charge < -0.3 is 29.9 Å². The minimum Gasteiger partial charge on any atom is -0.476 e. The molecule has 2 aliphatic rings. The van der Waals surface area contributed by atoms with Crippen molar-refractivity contribution in [2.75, 3.05) is 53.5 Å². The van der Waals surface area contributed by atoms with Crippen molar-refractivity contribution in [3.63, 3.8) is 0 Å². The van der Waals surface area contributed by atoms with Crippen LogP contribution in [0.25, 0.3) is 0 Å². The predicted octanol–water partition coefficient (Wildman–Crippen LogP) is 4.10. The van der Waals surface area contributed by atoms with Crippen LogP contribution in [-0.4, -0.2) is 117 Å². The molecule has 304 valence electrons. The number of aromatic nitrogens is 6. The van der Waals surface area contributed by atoms with Gasteiger partial charge in [-0.15, -0.1) is 0 Å². The second kappa shape index (κ2) is 17.5. The topological polar surface area (TPSA) is 145 Å². The summed E-state index contributed by atoms with van der Waals surface area (Å²) in [7, 11) is 8.07. The number of hydrogen-bond donors (Lipinski definition) is 2. The molecule has 0 bridgehead atoms. The van der Waals surface area contributed by atoms with Gasteiger partial charge >= 0.3 is 0 Å². The maximum Gasteiger partial charge on any atom is 0.229 e. The van der Waals surface area contributed by atoms with Crippen molar-refractivity contribution >= 4 is 11.8 Å². The van der Waals surface area contributed by atoms with Crippen LogP contribution in [0.5, 0.6) is 11.8 Å². The largest absolute Gasteiger partial charge is 0.476 e. The number of aryl methyl sites for hydroxylation is 4. The number of ether oxygens (including phenoxy) is 2. The lowest BCUT2D eigenvalue weighted by molar-refractivity contribution is -0.132. The van der Waals surface area contributed by atoms with Crippen molar-refractivity contribution < 1.29 is 19.1 Å². The number of carbonyl (C=O) groups is 2. The summed E-state index contributed by atoms with van der Waals surface area (Å²) < 4.78 is 15.5. The third kappa shape index (κ3) is 9.94. The molecule has 6 heterocycles. The highest BCUT2D eigenvalue weighted by atomic mass is 16.5. The number of likely N-dealkylation sites (tertiary alicyclic amines) is 2. The van der Waals surface area contributed by atoms with E-state index in [-0.39, 0.29) is 48.9 Å². The first kappa shape index (κ1) is 42.3. The monoisotopic (exact) mass is 770 g/mol. The molecule has 14 nitrogen and oxygen atoms in total. The summed E-state index contributed by atoms with van der Waals surface area (Å²) in [5.41, 5.74) is 5.29. The van der Waals surface area contributed by atoms with E-state index in [4.69, 9.17) is 9.47 Å². The molecule has 2 N–H and O–H groups in total. The molecule has 14 heteroatoms. The number of carbonyl (C=O) groups excluding carboxylic acids is 2. The summed E-state index contributed by atoms with van der Waals surface area (Å²) in [4.78, 5) is 39.1. The fourth-order valence-electron chi connectivity index (χ4n) is 7.28. The summed E-state index contributed by atoms with van der Waals surface area (Å²) in [6.07, 6.45) is 7.25. The van der Waals surface area contributed by atoms with E-state index >= 15 is 0 Å². The number of rotatable bonds is 12. The SMILES string of the molecule is Cc1cccnc1OCC(C)(C)C(=O)N[C@@H]1CN(C)C[C@H]1c1cnn(C)c1C.Cc1cccnc1OCC(C)(C)C(=O)N[C@H]1CN(C)C[C@@H]1c1cnn(C)c1C. The Morgan fingerprint density at radius 3 is 1.36 bits per heavy atom. The van der Waals surface area contributed by atoms with Gasteiger partial charge in [0.2, 0.25) is 23.6 Å². The maximum atomic E-state index is 13.0. The molecule has 0 aliphatic carbocycles. The van der Waals surface area contributed by atoms with E-state index in [1.807, 2.05) is 102 Å². The van der Waals surface area contributed by atoms with Crippen molar-refractivity contribution in [3.8, 4) is 11.8 Å². The molecule has 56 heavy (non-hydrogen) atoms. The number of nitrogens with one attached hydrogen (secondary N) is 2. The highest BCUT2D eigenvalue weighted by Crippen LogP contribution is 2.32. The van der Waals surface area contributed by atoms with E-state index in [1.165, 1.54) is 11.1 Å². The zero-order valence-electron chi connectivity index (χ0n) is 35.4. The quantitative estimate of drug-likeness (QED) is 0.216. The standard InChI is InChI=1S/2C21H31N5O2/c2*1-14-8-7-9-22-19(14)28-13-21(3,4)20(27)24-18-12-25(5)11-17(18)16-10-23-26(6)15(16)2/h2*7-10,17-18H,11-13H2,1-6H3,(H,24,27)/t2*17-,18+/m10/s1. The van der Waals surface area contributed by atoms with Crippen LogP contribution >= 0.6 is 0 Å². The van der Waals surface area contributed by atoms with Gasteiger partial charge in [-0.3, -0.25) is 19.0 Å². The molecule has 0 aromatic carbocycles. The van der Waals surface area contributed by atoms with E-state index in [0.29, 0.717) is 11.8 Å². The van der Waals surface area contributed by atoms with Gasteiger partial charge in [0.1, 0.15) is 13.2 Å². The minimum atomic E-state index is -0.667. The molecule has 0 radical (unpaired) electrons. The minimum absolute atomic E-state index is 0.00655. The Kier molecular flexibility index (Phi) is 13.3. The van der Waals surface area contributed by atoms with Crippen LogP contribution in [0, 0.1) is 38.5 Å². The molecular formula is C42H62N10O4. The van der Waals surface area contributed by atoms with Crippen molar-refractivity contribution in [1.82, 2.24) is 50.0 Å². The molecule has 0 unspecified atom stereocenters. The van der Waals surface area contributed by atoms with Crippen molar-refractivity contribution in [2.24, 2.45) is 24.9 Å². The zero-order valence-corrected chi connectivity index (χ0v) is 35.4. The Balaban J connectivity index is 0.000000214. The van der Waals surface area contributed by atoms with Gasteiger partial charge in [0.05, 0.1) is 23.2 Å². The van der Waals surface area contributed by atoms with Crippen LogP contribution in [0.4, 0.5) is 0 Å². The van der Waals surface area contributed by atoms with Crippen LogP contribution in [-0.2, 0) is 23.7 Å². The second-order valence-electron chi connectivity index (χ2n) is 17.0.